The number of nitrogens with zero attached hydrogens (tertiary/aromatic N) is 3. The Hall–Kier alpha value is -1.24. The lowest BCUT2D eigenvalue weighted by atomic mass is 10.3. The molecule has 1 fully saturated rings. The van der Waals surface area contributed by atoms with Crippen LogP contribution in [0.15, 0.2) is 12.4 Å². The van der Waals surface area contributed by atoms with Gasteiger partial charge in [-0.25, -0.2) is 9.97 Å². The van der Waals surface area contributed by atoms with Crippen LogP contribution in [0.25, 0.3) is 0 Å². The number of morpholine rings is 1. The first kappa shape index (κ1) is 12.2. The van der Waals surface area contributed by atoms with Gasteiger partial charge in [0.2, 0.25) is 5.95 Å². The van der Waals surface area contributed by atoms with E-state index in [9.17, 15) is 0 Å². The van der Waals surface area contributed by atoms with Gasteiger partial charge in [-0.2, -0.15) is 0 Å². The number of aromatic nitrogens is 2. The van der Waals surface area contributed by atoms with Crippen LogP contribution in [-0.4, -0.2) is 54.5 Å². The van der Waals surface area contributed by atoms with E-state index in [1.54, 1.807) is 0 Å². The number of anilines is 1. The lowest BCUT2D eigenvalue weighted by Crippen LogP contribution is -2.37. The number of hydrogen-bond donors (Lipinski definition) is 2. The molecule has 6 nitrogen and oxygen atoms in total. The first-order chi connectivity index (χ1) is 8.40. The zero-order chi connectivity index (χ0) is 11.9. The fourth-order valence-electron chi connectivity index (χ4n) is 1.68. The van der Waals surface area contributed by atoms with E-state index in [1.165, 1.54) is 0 Å². The molecule has 1 saturated heterocycles. The monoisotopic (exact) mass is 238 g/mol. The summed E-state index contributed by atoms with van der Waals surface area (Å²) in [7, 11) is 0. The van der Waals surface area contributed by atoms with Gasteiger partial charge in [-0.05, 0) is 0 Å². The predicted octanol–water partition coefficient (Wildman–Crippen LogP) is -0.605. The maximum Gasteiger partial charge on any atom is 0.225 e. The molecule has 0 aromatic carbocycles. The van der Waals surface area contributed by atoms with E-state index in [2.05, 4.69) is 20.2 Å². The SMILES string of the molecule is OCCNCc1cnc(N2CCOCC2)nc1. The van der Waals surface area contributed by atoms with E-state index in [0.717, 1.165) is 37.8 Å². The van der Waals surface area contributed by atoms with Crippen LogP contribution in [0, 0.1) is 0 Å². The molecule has 17 heavy (non-hydrogen) atoms. The van der Waals surface area contributed by atoms with E-state index >= 15 is 0 Å². The molecule has 0 atom stereocenters. The highest BCUT2D eigenvalue weighted by atomic mass is 16.5. The summed E-state index contributed by atoms with van der Waals surface area (Å²) in [5.74, 6) is 0.763. The summed E-state index contributed by atoms with van der Waals surface area (Å²) in [5, 5.41) is 11.7. The summed E-state index contributed by atoms with van der Waals surface area (Å²) >= 11 is 0. The van der Waals surface area contributed by atoms with Crippen LogP contribution in [0.5, 0.6) is 0 Å². The largest absolute Gasteiger partial charge is 0.395 e. The van der Waals surface area contributed by atoms with Crippen LogP contribution in [0.3, 0.4) is 0 Å². The van der Waals surface area contributed by atoms with Gasteiger partial charge in [0.25, 0.3) is 0 Å². The van der Waals surface area contributed by atoms with E-state index in [-0.39, 0.29) is 6.61 Å². The summed E-state index contributed by atoms with van der Waals surface area (Å²) in [5.41, 5.74) is 1.02. The lowest BCUT2D eigenvalue weighted by Gasteiger charge is -2.26. The minimum Gasteiger partial charge on any atom is -0.395 e. The predicted molar refractivity (Wildman–Crippen MR) is 63.9 cm³/mol. The Morgan fingerprint density at radius 1 is 1.29 bits per heavy atom. The molecule has 2 heterocycles. The molecule has 1 aliphatic rings. The van der Waals surface area contributed by atoms with Crippen molar-refractivity contribution < 1.29 is 9.84 Å². The molecule has 1 aliphatic heterocycles. The van der Waals surface area contributed by atoms with Crippen molar-refractivity contribution >= 4 is 5.95 Å². The molecule has 2 N–H and O–H groups in total. The molecule has 1 aromatic heterocycles. The van der Waals surface area contributed by atoms with Gasteiger partial charge < -0.3 is 20.1 Å². The second-order valence-electron chi connectivity index (χ2n) is 3.89. The number of nitrogens with one attached hydrogen (secondary N) is 1. The van der Waals surface area contributed by atoms with Crippen LogP contribution in [-0.2, 0) is 11.3 Å². The molecule has 0 spiro atoms. The maximum atomic E-state index is 8.65. The fourth-order valence-corrected chi connectivity index (χ4v) is 1.68. The highest BCUT2D eigenvalue weighted by molar-refractivity contribution is 5.30. The van der Waals surface area contributed by atoms with Crippen molar-refractivity contribution in [1.82, 2.24) is 15.3 Å². The third-order valence-electron chi connectivity index (χ3n) is 2.60. The number of rotatable bonds is 5. The Kier molecular flexibility index (Phi) is 4.66. The van der Waals surface area contributed by atoms with E-state index in [4.69, 9.17) is 9.84 Å². The molecular formula is C11H18N4O2. The van der Waals surface area contributed by atoms with Crippen LogP contribution in [0.4, 0.5) is 5.95 Å². The minimum atomic E-state index is 0.146. The summed E-state index contributed by atoms with van der Waals surface area (Å²) in [6.45, 7) is 4.60. The van der Waals surface area contributed by atoms with Gasteiger partial charge in [0.05, 0.1) is 19.8 Å². The first-order valence-corrected chi connectivity index (χ1v) is 5.85. The van der Waals surface area contributed by atoms with Crippen molar-refractivity contribution in [2.45, 2.75) is 6.54 Å². The smallest absolute Gasteiger partial charge is 0.225 e. The average molecular weight is 238 g/mol. The van der Waals surface area contributed by atoms with Crippen LogP contribution in [0.1, 0.15) is 5.56 Å². The topological polar surface area (TPSA) is 70.5 Å². The molecule has 94 valence electrons. The number of aliphatic hydroxyl groups excluding tert-OH is 1. The van der Waals surface area contributed by atoms with Crippen molar-refractivity contribution in [3.05, 3.63) is 18.0 Å². The van der Waals surface area contributed by atoms with Gasteiger partial charge in [-0.15, -0.1) is 0 Å². The van der Waals surface area contributed by atoms with Crippen LogP contribution >= 0.6 is 0 Å². The van der Waals surface area contributed by atoms with Gasteiger partial charge in [-0.1, -0.05) is 0 Å². The third-order valence-corrected chi connectivity index (χ3v) is 2.60. The molecule has 6 heteroatoms. The van der Waals surface area contributed by atoms with E-state index < -0.39 is 0 Å². The van der Waals surface area contributed by atoms with Gasteiger partial charge in [0.15, 0.2) is 0 Å². The molecule has 0 amide bonds. The van der Waals surface area contributed by atoms with Crippen LogP contribution < -0.4 is 10.2 Å². The highest BCUT2D eigenvalue weighted by Gasteiger charge is 2.12. The molecule has 0 unspecified atom stereocenters. The van der Waals surface area contributed by atoms with Crippen molar-refractivity contribution in [2.75, 3.05) is 44.4 Å². The molecule has 0 radical (unpaired) electrons. The van der Waals surface area contributed by atoms with Crippen molar-refractivity contribution in [1.29, 1.82) is 0 Å². The summed E-state index contributed by atoms with van der Waals surface area (Å²) < 4.78 is 5.28. The molecule has 0 bridgehead atoms. The Morgan fingerprint density at radius 3 is 2.65 bits per heavy atom. The highest BCUT2D eigenvalue weighted by Crippen LogP contribution is 2.09. The minimum absolute atomic E-state index is 0.146. The Labute approximate surface area is 101 Å². The Morgan fingerprint density at radius 2 is 2.00 bits per heavy atom. The first-order valence-electron chi connectivity index (χ1n) is 5.85. The van der Waals surface area contributed by atoms with Crippen LogP contribution in [0.2, 0.25) is 0 Å². The summed E-state index contributed by atoms with van der Waals surface area (Å²) in [6.07, 6.45) is 3.64. The van der Waals surface area contributed by atoms with E-state index in [0.29, 0.717) is 13.1 Å². The van der Waals surface area contributed by atoms with Gasteiger partial charge in [-0.3, -0.25) is 0 Å². The lowest BCUT2D eigenvalue weighted by molar-refractivity contribution is 0.122. The number of hydrogen-bond acceptors (Lipinski definition) is 6. The number of aliphatic hydroxyl groups is 1. The normalized spacial score (nSPS) is 16.2. The summed E-state index contributed by atoms with van der Waals surface area (Å²) in [4.78, 5) is 10.8. The molecule has 1 aromatic rings. The Balaban J connectivity index is 1.88. The fraction of sp³-hybridized carbons (Fsp3) is 0.636. The quantitative estimate of drug-likeness (QED) is 0.667. The zero-order valence-electron chi connectivity index (χ0n) is 9.80. The van der Waals surface area contributed by atoms with Crippen molar-refractivity contribution in [2.24, 2.45) is 0 Å². The molecule has 0 saturated carbocycles. The van der Waals surface area contributed by atoms with Crippen molar-refractivity contribution in [3.63, 3.8) is 0 Å². The zero-order valence-corrected chi connectivity index (χ0v) is 9.80. The van der Waals surface area contributed by atoms with E-state index in [1.807, 2.05) is 12.4 Å². The number of ether oxygens (including phenoxy) is 1. The third kappa shape index (κ3) is 3.62. The Bertz CT molecular complexity index is 325. The standard InChI is InChI=1S/C11H18N4O2/c16-4-1-12-7-10-8-13-11(14-9-10)15-2-5-17-6-3-15/h8-9,12,16H,1-7H2. The van der Waals surface area contributed by atoms with Gasteiger partial charge >= 0.3 is 0 Å². The average Bonchev–Trinajstić information content (AvgIpc) is 2.41. The maximum absolute atomic E-state index is 8.65. The van der Waals surface area contributed by atoms with Gasteiger partial charge in [0, 0.05) is 44.1 Å². The van der Waals surface area contributed by atoms with Gasteiger partial charge in [0.1, 0.15) is 0 Å². The van der Waals surface area contributed by atoms with Crippen molar-refractivity contribution in [3.8, 4) is 0 Å². The molecule has 0 aliphatic carbocycles. The molecular weight excluding hydrogens is 220 g/mol. The second-order valence-corrected chi connectivity index (χ2v) is 3.89. The molecule has 2 rings (SSSR count). The summed E-state index contributed by atoms with van der Waals surface area (Å²) in [6, 6.07) is 0. The second kappa shape index (κ2) is 6.48.